The molecule has 0 unspecified atom stereocenters. The Morgan fingerprint density at radius 2 is 1.75 bits per heavy atom. The third kappa shape index (κ3) is 3.13. The average Bonchev–Trinajstić information content (AvgIpc) is 2.42. The maximum Gasteiger partial charge on any atom is 0.263 e. The van der Waals surface area contributed by atoms with E-state index in [1.807, 2.05) is 13.0 Å². The minimum absolute atomic E-state index is 0.227. The summed E-state index contributed by atoms with van der Waals surface area (Å²) in [4.78, 5) is 0.227. The third-order valence-corrected chi connectivity index (χ3v) is 4.80. The van der Waals surface area contributed by atoms with E-state index < -0.39 is 10.0 Å². The predicted octanol–water partition coefficient (Wildman–Crippen LogP) is 3.60. The van der Waals surface area contributed by atoms with Crippen LogP contribution >= 0.6 is 15.9 Å². The fraction of sp³-hybridized carbons (Fsp3) is 0.143. The van der Waals surface area contributed by atoms with Crippen molar-refractivity contribution in [1.29, 1.82) is 0 Å². The number of halogens is 1. The van der Waals surface area contributed by atoms with Gasteiger partial charge in [0.1, 0.15) is 4.90 Å². The van der Waals surface area contributed by atoms with Gasteiger partial charge in [-0.3, -0.25) is 4.72 Å². The molecule has 2 rings (SSSR count). The summed E-state index contributed by atoms with van der Waals surface area (Å²) in [6.07, 6.45) is 0. The zero-order valence-electron chi connectivity index (χ0n) is 11.1. The monoisotopic (exact) mass is 354 g/mol. The number of hydrogen-bond donors (Lipinski definition) is 2. The van der Waals surface area contributed by atoms with Crippen LogP contribution in [-0.2, 0) is 10.0 Å². The van der Waals surface area contributed by atoms with Crippen LogP contribution in [0.2, 0.25) is 0 Å². The van der Waals surface area contributed by atoms with Gasteiger partial charge in [0.05, 0.1) is 11.4 Å². The van der Waals surface area contributed by atoms with Crippen molar-refractivity contribution in [2.75, 3.05) is 17.1 Å². The van der Waals surface area contributed by atoms with Crippen LogP contribution in [0.3, 0.4) is 0 Å². The van der Waals surface area contributed by atoms with Crippen molar-refractivity contribution in [3.63, 3.8) is 0 Å². The second kappa shape index (κ2) is 5.85. The molecule has 2 aromatic carbocycles. The fourth-order valence-corrected chi connectivity index (χ4v) is 3.67. The summed E-state index contributed by atoms with van der Waals surface area (Å²) in [6, 6.07) is 12.2. The van der Waals surface area contributed by atoms with Crippen molar-refractivity contribution < 1.29 is 8.42 Å². The minimum Gasteiger partial charge on any atom is -0.387 e. The second-order valence-electron chi connectivity index (χ2n) is 4.31. The fourth-order valence-electron chi connectivity index (χ4n) is 1.85. The van der Waals surface area contributed by atoms with Crippen LogP contribution in [0.15, 0.2) is 51.8 Å². The molecule has 0 atom stereocenters. The molecule has 0 aliphatic carbocycles. The molecule has 2 aromatic rings. The molecule has 0 saturated heterocycles. The quantitative estimate of drug-likeness (QED) is 0.881. The Balaban J connectivity index is 2.41. The molecule has 20 heavy (non-hydrogen) atoms. The molecule has 0 bridgehead atoms. The van der Waals surface area contributed by atoms with Gasteiger partial charge in [-0.25, -0.2) is 8.42 Å². The van der Waals surface area contributed by atoms with Crippen molar-refractivity contribution in [3.8, 4) is 0 Å². The Bertz CT molecular complexity index is 730. The standard InChI is InChI=1S/C14H15BrN2O2S/c1-10-9-11(15)7-8-12(10)17-20(18,19)14-6-4-3-5-13(14)16-2/h3-9,16-17H,1-2H3. The van der Waals surface area contributed by atoms with Gasteiger partial charge in [-0.05, 0) is 42.8 Å². The summed E-state index contributed by atoms with van der Waals surface area (Å²) in [7, 11) is -1.93. The molecule has 6 heteroatoms. The SMILES string of the molecule is CNc1ccccc1S(=O)(=O)Nc1ccc(Br)cc1C. The van der Waals surface area contributed by atoms with Gasteiger partial charge in [-0.2, -0.15) is 0 Å². The van der Waals surface area contributed by atoms with Crippen molar-refractivity contribution >= 4 is 37.3 Å². The number of para-hydroxylation sites is 1. The van der Waals surface area contributed by atoms with Crippen LogP contribution in [0, 0.1) is 6.92 Å². The first kappa shape index (κ1) is 14.9. The van der Waals surface area contributed by atoms with Crippen LogP contribution in [0.1, 0.15) is 5.56 Å². The van der Waals surface area contributed by atoms with Gasteiger partial charge in [-0.15, -0.1) is 0 Å². The van der Waals surface area contributed by atoms with E-state index in [4.69, 9.17) is 0 Å². The van der Waals surface area contributed by atoms with Crippen molar-refractivity contribution in [2.24, 2.45) is 0 Å². The normalized spacial score (nSPS) is 11.2. The molecular weight excluding hydrogens is 340 g/mol. The van der Waals surface area contributed by atoms with Crippen LogP contribution in [0.4, 0.5) is 11.4 Å². The van der Waals surface area contributed by atoms with E-state index in [0.717, 1.165) is 10.0 Å². The number of hydrogen-bond acceptors (Lipinski definition) is 3. The molecule has 0 saturated carbocycles. The molecule has 0 aliphatic heterocycles. The summed E-state index contributed by atoms with van der Waals surface area (Å²) >= 11 is 3.36. The predicted molar refractivity (Wildman–Crippen MR) is 85.7 cm³/mol. The first-order valence-corrected chi connectivity index (χ1v) is 8.27. The summed E-state index contributed by atoms with van der Waals surface area (Å²) in [5.41, 5.74) is 1.98. The van der Waals surface area contributed by atoms with Gasteiger partial charge in [0.2, 0.25) is 0 Å². The number of anilines is 2. The maximum absolute atomic E-state index is 12.5. The maximum atomic E-state index is 12.5. The average molecular weight is 355 g/mol. The summed E-state index contributed by atoms with van der Waals surface area (Å²) < 4.78 is 28.4. The number of sulfonamides is 1. The molecule has 4 nitrogen and oxygen atoms in total. The zero-order valence-corrected chi connectivity index (χ0v) is 13.5. The number of nitrogens with one attached hydrogen (secondary N) is 2. The van der Waals surface area contributed by atoms with E-state index in [1.165, 1.54) is 0 Å². The van der Waals surface area contributed by atoms with Gasteiger partial charge < -0.3 is 5.32 Å². The Morgan fingerprint density at radius 3 is 2.40 bits per heavy atom. The lowest BCUT2D eigenvalue weighted by Gasteiger charge is -2.13. The molecule has 0 spiro atoms. The first-order chi connectivity index (χ1) is 9.44. The van der Waals surface area contributed by atoms with Crippen molar-refractivity contribution in [3.05, 3.63) is 52.5 Å². The van der Waals surface area contributed by atoms with E-state index in [9.17, 15) is 8.42 Å². The summed E-state index contributed by atoms with van der Waals surface area (Å²) in [5.74, 6) is 0. The topological polar surface area (TPSA) is 58.2 Å². The number of benzene rings is 2. The molecule has 0 fully saturated rings. The van der Waals surface area contributed by atoms with Crippen molar-refractivity contribution in [2.45, 2.75) is 11.8 Å². The third-order valence-electron chi connectivity index (χ3n) is 2.88. The minimum atomic E-state index is -3.62. The van der Waals surface area contributed by atoms with Gasteiger partial charge in [-0.1, -0.05) is 28.1 Å². The van der Waals surface area contributed by atoms with Crippen LogP contribution in [-0.4, -0.2) is 15.5 Å². The van der Waals surface area contributed by atoms with Gasteiger partial charge in [0.25, 0.3) is 10.0 Å². The second-order valence-corrected chi connectivity index (χ2v) is 6.88. The highest BCUT2D eigenvalue weighted by molar-refractivity contribution is 9.10. The first-order valence-electron chi connectivity index (χ1n) is 6.00. The molecule has 2 N–H and O–H groups in total. The highest BCUT2D eigenvalue weighted by atomic mass is 79.9. The van der Waals surface area contributed by atoms with Crippen LogP contribution in [0.5, 0.6) is 0 Å². The van der Waals surface area contributed by atoms with Crippen LogP contribution < -0.4 is 10.0 Å². The zero-order chi connectivity index (χ0) is 14.8. The molecule has 0 heterocycles. The highest BCUT2D eigenvalue weighted by Crippen LogP contribution is 2.26. The Hall–Kier alpha value is -1.53. The lowest BCUT2D eigenvalue weighted by atomic mass is 10.2. The Kier molecular flexibility index (Phi) is 4.35. The molecule has 0 aliphatic rings. The van der Waals surface area contributed by atoms with E-state index in [0.29, 0.717) is 11.4 Å². The molecular formula is C14H15BrN2O2S. The molecule has 0 amide bonds. The van der Waals surface area contributed by atoms with E-state index in [-0.39, 0.29) is 4.90 Å². The highest BCUT2D eigenvalue weighted by Gasteiger charge is 2.18. The lowest BCUT2D eigenvalue weighted by Crippen LogP contribution is -2.15. The molecule has 0 radical (unpaired) electrons. The van der Waals surface area contributed by atoms with E-state index >= 15 is 0 Å². The molecule has 0 aromatic heterocycles. The Labute approximate surface area is 127 Å². The summed E-state index contributed by atoms with van der Waals surface area (Å²) in [5, 5.41) is 2.88. The van der Waals surface area contributed by atoms with E-state index in [1.54, 1.807) is 43.4 Å². The Morgan fingerprint density at radius 1 is 1.05 bits per heavy atom. The van der Waals surface area contributed by atoms with Crippen LogP contribution in [0.25, 0.3) is 0 Å². The number of rotatable bonds is 4. The van der Waals surface area contributed by atoms with E-state index in [2.05, 4.69) is 26.0 Å². The largest absolute Gasteiger partial charge is 0.387 e. The lowest BCUT2D eigenvalue weighted by molar-refractivity contribution is 0.601. The van der Waals surface area contributed by atoms with Gasteiger partial charge in [0, 0.05) is 11.5 Å². The summed E-state index contributed by atoms with van der Waals surface area (Å²) in [6.45, 7) is 1.85. The van der Waals surface area contributed by atoms with Crippen molar-refractivity contribution in [1.82, 2.24) is 0 Å². The van der Waals surface area contributed by atoms with Gasteiger partial charge >= 0.3 is 0 Å². The smallest absolute Gasteiger partial charge is 0.263 e. The molecule has 106 valence electrons. The van der Waals surface area contributed by atoms with Gasteiger partial charge in [0.15, 0.2) is 0 Å². The number of aryl methyl sites for hydroxylation is 1.